The normalized spacial score (nSPS) is 39.0. The maximum Gasteiger partial charge on any atom is 0.212 e. The molecule has 3 aliphatic rings. The van der Waals surface area contributed by atoms with Crippen LogP contribution in [-0.2, 0) is 14.8 Å². The molecule has 3 rings (SSSR count). The number of hydrogen-bond acceptors (Lipinski definition) is 4. The maximum absolute atomic E-state index is 12.3. The number of ether oxygens (including phenoxy) is 1. The van der Waals surface area contributed by atoms with Crippen LogP contribution >= 0.6 is 0 Å². The van der Waals surface area contributed by atoms with E-state index in [0.29, 0.717) is 11.8 Å². The predicted octanol–water partition coefficient (Wildman–Crippen LogP) is 0.991. The first-order valence-corrected chi connectivity index (χ1v) is 9.59. The molecule has 0 amide bonds. The van der Waals surface area contributed by atoms with E-state index in [9.17, 15) is 8.42 Å². The Labute approximate surface area is 121 Å². The van der Waals surface area contributed by atoms with Crippen molar-refractivity contribution in [1.82, 2.24) is 4.72 Å². The Morgan fingerprint density at radius 3 is 2.60 bits per heavy atom. The van der Waals surface area contributed by atoms with Gasteiger partial charge in [0.15, 0.2) is 0 Å². The largest absolute Gasteiger partial charge is 0.376 e. The fourth-order valence-corrected chi connectivity index (χ4v) is 5.77. The Hall–Kier alpha value is -0.170. The van der Waals surface area contributed by atoms with E-state index in [4.69, 9.17) is 10.5 Å². The van der Waals surface area contributed by atoms with Crippen LogP contribution in [0.2, 0.25) is 0 Å². The number of rotatable bonds is 4. The summed E-state index contributed by atoms with van der Waals surface area (Å²) in [7, 11) is -3.23. The quantitative estimate of drug-likeness (QED) is 0.811. The number of fused-ring (bicyclic) bond motifs is 1. The Balaban J connectivity index is 1.56. The van der Waals surface area contributed by atoms with Crippen molar-refractivity contribution in [2.45, 2.75) is 63.1 Å². The first kappa shape index (κ1) is 14.8. The zero-order valence-corrected chi connectivity index (χ0v) is 12.8. The molecular formula is C14H26N2O3S. The average molecular weight is 302 g/mol. The number of sulfonamides is 1. The summed E-state index contributed by atoms with van der Waals surface area (Å²) in [4.78, 5) is 0. The van der Waals surface area contributed by atoms with E-state index >= 15 is 0 Å². The summed E-state index contributed by atoms with van der Waals surface area (Å²) in [6, 6.07) is -0.296. The summed E-state index contributed by atoms with van der Waals surface area (Å²) in [5.74, 6) is 0.917. The van der Waals surface area contributed by atoms with Crippen molar-refractivity contribution in [3.05, 3.63) is 0 Å². The minimum atomic E-state index is -3.23. The highest BCUT2D eigenvalue weighted by Crippen LogP contribution is 2.37. The van der Waals surface area contributed by atoms with E-state index in [2.05, 4.69) is 4.72 Å². The molecule has 116 valence electrons. The van der Waals surface area contributed by atoms with Gasteiger partial charge in [0.05, 0.1) is 17.9 Å². The third-order valence-electron chi connectivity index (χ3n) is 5.17. The highest BCUT2D eigenvalue weighted by Gasteiger charge is 2.51. The molecule has 3 N–H and O–H groups in total. The van der Waals surface area contributed by atoms with Crippen LogP contribution in [0, 0.1) is 11.8 Å². The second-order valence-corrected chi connectivity index (χ2v) is 8.45. The third-order valence-corrected chi connectivity index (χ3v) is 6.71. The molecule has 0 radical (unpaired) electrons. The van der Waals surface area contributed by atoms with Crippen LogP contribution in [0.1, 0.15) is 44.9 Å². The van der Waals surface area contributed by atoms with Crippen LogP contribution < -0.4 is 10.5 Å². The molecule has 3 fully saturated rings. The van der Waals surface area contributed by atoms with Gasteiger partial charge in [0, 0.05) is 18.6 Å². The first-order chi connectivity index (χ1) is 9.57. The Morgan fingerprint density at radius 1 is 1.10 bits per heavy atom. The van der Waals surface area contributed by atoms with Crippen molar-refractivity contribution in [2.24, 2.45) is 17.6 Å². The lowest BCUT2D eigenvalue weighted by molar-refractivity contribution is -0.114. The molecule has 6 heteroatoms. The highest BCUT2D eigenvalue weighted by atomic mass is 32.2. The highest BCUT2D eigenvalue weighted by molar-refractivity contribution is 7.89. The molecule has 0 aromatic carbocycles. The number of nitrogens with two attached hydrogens (primary N) is 1. The van der Waals surface area contributed by atoms with Crippen molar-refractivity contribution in [3.63, 3.8) is 0 Å². The standard InChI is InChI=1S/C14H26N2O3S/c15-12-11-7-4-8-19-14(11)13(12)16-20(17,18)9-10-5-2-1-3-6-10/h10-14,16H,1-9,15H2. The molecule has 20 heavy (non-hydrogen) atoms. The number of nitrogens with one attached hydrogen (secondary N) is 1. The van der Waals surface area contributed by atoms with Gasteiger partial charge in [-0.2, -0.15) is 0 Å². The minimum Gasteiger partial charge on any atom is -0.376 e. The zero-order chi connectivity index (χ0) is 14.2. The topological polar surface area (TPSA) is 81.4 Å². The Morgan fingerprint density at radius 2 is 1.85 bits per heavy atom. The molecule has 5 nitrogen and oxygen atoms in total. The van der Waals surface area contributed by atoms with Crippen molar-refractivity contribution < 1.29 is 13.2 Å². The van der Waals surface area contributed by atoms with Crippen LogP contribution in [-0.4, -0.2) is 39.0 Å². The summed E-state index contributed by atoms with van der Waals surface area (Å²) in [6.07, 6.45) is 7.76. The second kappa shape index (κ2) is 5.91. The van der Waals surface area contributed by atoms with E-state index in [1.807, 2.05) is 0 Å². The van der Waals surface area contributed by atoms with Crippen LogP contribution in [0.25, 0.3) is 0 Å². The van der Waals surface area contributed by atoms with E-state index < -0.39 is 10.0 Å². The van der Waals surface area contributed by atoms with Gasteiger partial charge in [-0.3, -0.25) is 0 Å². The molecule has 2 aliphatic carbocycles. The molecule has 0 bridgehead atoms. The molecule has 4 unspecified atom stereocenters. The molecule has 0 aromatic rings. The smallest absolute Gasteiger partial charge is 0.212 e. The summed E-state index contributed by atoms with van der Waals surface area (Å²) in [6.45, 7) is 0.731. The second-order valence-electron chi connectivity index (χ2n) is 6.65. The van der Waals surface area contributed by atoms with Gasteiger partial charge in [0.25, 0.3) is 0 Å². The van der Waals surface area contributed by atoms with E-state index in [1.54, 1.807) is 0 Å². The Kier molecular flexibility index (Phi) is 4.36. The van der Waals surface area contributed by atoms with Crippen LogP contribution in [0.15, 0.2) is 0 Å². The summed E-state index contributed by atoms with van der Waals surface area (Å²) >= 11 is 0. The van der Waals surface area contributed by atoms with Gasteiger partial charge in [0.1, 0.15) is 0 Å². The van der Waals surface area contributed by atoms with Crippen molar-refractivity contribution in [1.29, 1.82) is 0 Å². The number of hydrogen-bond donors (Lipinski definition) is 2. The Bertz CT molecular complexity index is 434. The lowest BCUT2D eigenvalue weighted by atomic mass is 9.69. The van der Waals surface area contributed by atoms with Crippen LogP contribution in [0.3, 0.4) is 0 Å². The van der Waals surface area contributed by atoms with Crippen molar-refractivity contribution in [2.75, 3.05) is 12.4 Å². The SMILES string of the molecule is NC1C2CCCOC2C1NS(=O)(=O)CC1CCCCC1. The van der Waals surface area contributed by atoms with Gasteiger partial charge < -0.3 is 10.5 Å². The predicted molar refractivity (Wildman–Crippen MR) is 77.7 cm³/mol. The van der Waals surface area contributed by atoms with Gasteiger partial charge in [-0.25, -0.2) is 13.1 Å². The summed E-state index contributed by atoms with van der Waals surface area (Å²) in [5, 5.41) is 0. The maximum atomic E-state index is 12.3. The summed E-state index contributed by atoms with van der Waals surface area (Å²) < 4.78 is 33.1. The van der Waals surface area contributed by atoms with Gasteiger partial charge in [-0.1, -0.05) is 19.3 Å². The first-order valence-electron chi connectivity index (χ1n) is 7.94. The molecular weight excluding hydrogens is 276 g/mol. The summed E-state index contributed by atoms with van der Waals surface area (Å²) in [5.41, 5.74) is 6.11. The molecule has 0 spiro atoms. The lowest BCUT2D eigenvalue weighted by Gasteiger charge is -2.52. The van der Waals surface area contributed by atoms with Crippen LogP contribution in [0.4, 0.5) is 0 Å². The van der Waals surface area contributed by atoms with E-state index in [0.717, 1.165) is 45.1 Å². The van der Waals surface area contributed by atoms with Crippen LogP contribution in [0.5, 0.6) is 0 Å². The molecule has 4 atom stereocenters. The van der Waals surface area contributed by atoms with E-state index in [1.165, 1.54) is 6.42 Å². The monoisotopic (exact) mass is 302 g/mol. The fraction of sp³-hybridized carbons (Fsp3) is 1.00. The fourth-order valence-electron chi connectivity index (χ4n) is 4.01. The average Bonchev–Trinajstić information content (AvgIpc) is 2.45. The molecule has 2 saturated carbocycles. The minimum absolute atomic E-state index is 0.000110. The molecule has 1 heterocycles. The molecule has 1 saturated heterocycles. The molecule has 1 aliphatic heterocycles. The van der Waals surface area contributed by atoms with Crippen molar-refractivity contribution >= 4 is 10.0 Å². The molecule has 0 aromatic heterocycles. The van der Waals surface area contributed by atoms with Gasteiger partial charge in [0.2, 0.25) is 10.0 Å². The van der Waals surface area contributed by atoms with Gasteiger partial charge >= 0.3 is 0 Å². The van der Waals surface area contributed by atoms with Crippen molar-refractivity contribution in [3.8, 4) is 0 Å². The van der Waals surface area contributed by atoms with Gasteiger partial charge in [-0.05, 0) is 31.6 Å². The lowest BCUT2D eigenvalue weighted by Crippen LogP contribution is -2.72. The van der Waals surface area contributed by atoms with Gasteiger partial charge in [-0.15, -0.1) is 0 Å². The van der Waals surface area contributed by atoms with E-state index in [-0.39, 0.29) is 23.9 Å². The zero-order valence-electron chi connectivity index (χ0n) is 12.0. The third kappa shape index (κ3) is 3.03.